The van der Waals surface area contributed by atoms with Crippen LogP contribution in [0.1, 0.15) is 26.5 Å². The summed E-state index contributed by atoms with van der Waals surface area (Å²) in [6.45, 7) is 5.01. The lowest BCUT2D eigenvalue weighted by Gasteiger charge is -2.20. The van der Waals surface area contributed by atoms with Gasteiger partial charge in [-0.05, 0) is 18.1 Å². The molecule has 1 atom stereocenters. The van der Waals surface area contributed by atoms with E-state index in [4.69, 9.17) is 5.11 Å². The molecule has 2 amide bonds. The highest BCUT2D eigenvalue weighted by molar-refractivity contribution is 5.97. The van der Waals surface area contributed by atoms with Crippen LogP contribution in [0.5, 0.6) is 0 Å². The average molecular weight is 293 g/mol. The summed E-state index contributed by atoms with van der Waals surface area (Å²) in [4.78, 5) is 37.7. The van der Waals surface area contributed by atoms with Crippen molar-refractivity contribution in [2.75, 3.05) is 5.32 Å². The Hall–Kier alpha value is -2.44. The van der Waals surface area contributed by atoms with Gasteiger partial charge < -0.3 is 15.7 Å². The number of anilines is 1. The maximum atomic E-state index is 12.1. The zero-order valence-electron chi connectivity index (χ0n) is 12.2. The van der Waals surface area contributed by atoms with E-state index >= 15 is 0 Å². The summed E-state index contributed by atoms with van der Waals surface area (Å²) >= 11 is 0. The van der Waals surface area contributed by atoms with Gasteiger partial charge in [0.1, 0.15) is 6.04 Å². The van der Waals surface area contributed by atoms with Crippen LogP contribution in [0.15, 0.2) is 18.3 Å². The van der Waals surface area contributed by atoms with Gasteiger partial charge in [-0.3, -0.25) is 19.4 Å². The second-order valence-electron chi connectivity index (χ2n) is 5.02. The van der Waals surface area contributed by atoms with Crippen LogP contribution in [0.3, 0.4) is 0 Å². The Morgan fingerprint density at radius 1 is 1.29 bits per heavy atom. The topological polar surface area (TPSA) is 108 Å². The molecule has 0 saturated carbocycles. The van der Waals surface area contributed by atoms with E-state index in [0.29, 0.717) is 11.4 Å². The zero-order valence-corrected chi connectivity index (χ0v) is 12.2. The van der Waals surface area contributed by atoms with E-state index < -0.39 is 12.0 Å². The highest BCUT2D eigenvalue weighted by atomic mass is 16.4. The molecule has 1 heterocycles. The van der Waals surface area contributed by atoms with Crippen molar-refractivity contribution < 1.29 is 19.5 Å². The number of aliphatic carboxylic acids is 1. The fourth-order valence-corrected chi connectivity index (χ4v) is 1.73. The molecule has 0 spiro atoms. The molecule has 1 aromatic heterocycles. The summed E-state index contributed by atoms with van der Waals surface area (Å²) in [5, 5.41) is 13.9. The normalized spacial score (nSPS) is 11.8. The van der Waals surface area contributed by atoms with Gasteiger partial charge in [-0.15, -0.1) is 0 Å². The van der Waals surface area contributed by atoms with Gasteiger partial charge in [0.15, 0.2) is 0 Å². The quantitative estimate of drug-likeness (QED) is 0.719. The number of amides is 2. The van der Waals surface area contributed by atoms with E-state index in [-0.39, 0.29) is 24.2 Å². The second-order valence-corrected chi connectivity index (χ2v) is 5.02. The molecule has 1 aromatic rings. The predicted octanol–water partition coefficient (Wildman–Crippen LogP) is 0.808. The lowest BCUT2D eigenvalue weighted by atomic mass is 10.0. The van der Waals surface area contributed by atoms with Crippen LogP contribution in [-0.4, -0.2) is 33.9 Å². The molecule has 114 valence electrons. The third-order valence-electron chi connectivity index (χ3n) is 2.73. The Balaban J connectivity index is 2.72. The number of rotatable bonds is 6. The first-order valence-corrected chi connectivity index (χ1v) is 6.54. The molecule has 0 radical (unpaired) electrons. The predicted molar refractivity (Wildman–Crippen MR) is 76.6 cm³/mol. The van der Waals surface area contributed by atoms with Crippen molar-refractivity contribution in [1.82, 2.24) is 10.3 Å². The van der Waals surface area contributed by atoms with Gasteiger partial charge in [-0.1, -0.05) is 13.8 Å². The van der Waals surface area contributed by atoms with Crippen molar-refractivity contribution in [2.24, 2.45) is 5.92 Å². The van der Waals surface area contributed by atoms with Crippen LogP contribution in [0, 0.1) is 5.92 Å². The van der Waals surface area contributed by atoms with E-state index in [1.807, 2.05) is 13.8 Å². The Kier molecular flexibility index (Phi) is 5.83. The van der Waals surface area contributed by atoms with E-state index in [2.05, 4.69) is 15.6 Å². The molecule has 0 fully saturated rings. The maximum absolute atomic E-state index is 12.1. The minimum absolute atomic E-state index is 0.0619. The molecule has 0 aliphatic heterocycles. The standard InChI is InChI=1S/C14H19N3O4/c1-8(2)13(16-9(3)18)14(21)17-11-5-4-10(15-7-11)6-12(19)20/h4-5,7-8,13H,6H2,1-3H3,(H,16,18)(H,17,21)(H,19,20). The summed E-state index contributed by atoms with van der Waals surface area (Å²) in [6, 6.07) is 2.47. The molecule has 1 rings (SSSR count). The van der Waals surface area contributed by atoms with Gasteiger partial charge in [-0.2, -0.15) is 0 Å². The fourth-order valence-electron chi connectivity index (χ4n) is 1.73. The summed E-state index contributed by atoms with van der Waals surface area (Å²) in [5.41, 5.74) is 0.855. The first-order valence-electron chi connectivity index (χ1n) is 6.54. The van der Waals surface area contributed by atoms with Gasteiger partial charge in [0.05, 0.1) is 24.0 Å². The summed E-state index contributed by atoms with van der Waals surface area (Å²) < 4.78 is 0. The average Bonchev–Trinajstić information content (AvgIpc) is 2.37. The minimum atomic E-state index is -0.968. The molecule has 3 N–H and O–H groups in total. The van der Waals surface area contributed by atoms with Crippen molar-refractivity contribution in [3.63, 3.8) is 0 Å². The smallest absolute Gasteiger partial charge is 0.309 e. The van der Waals surface area contributed by atoms with Crippen LogP contribution in [0.2, 0.25) is 0 Å². The van der Waals surface area contributed by atoms with Crippen LogP contribution in [-0.2, 0) is 20.8 Å². The van der Waals surface area contributed by atoms with Crippen molar-refractivity contribution in [3.05, 3.63) is 24.0 Å². The van der Waals surface area contributed by atoms with Gasteiger partial charge in [0.25, 0.3) is 0 Å². The Labute approximate surface area is 122 Å². The summed E-state index contributed by atoms with van der Waals surface area (Å²) in [5.74, 6) is -1.65. The Bertz CT molecular complexity index is 526. The zero-order chi connectivity index (χ0) is 16.0. The van der Waals surface area contributed by atoms with E-state index in [1.165, 1.54) is 19.2 Å². The van der Waals surface area contributed by atoms with E-state index in [9.17, 15) is 14.4 Å². The van der Waals surface area contributed by atoms with Crippen molar-refractivity contribution in [3.8, 4) is 0 Å². The molecule has 0 aliphatic rings. The number of nitrogens with one attached hydrogen (secondary N) is 2. The number of aromatic nitrogens is 1. The van der Waals surface area contributed by atoms with Gasteiger partial charge in [-0.25, -0.2) is 0 Å². The van der Waals surface area contributed by atoms with Crippen molar-refractivity contribution in [1.29, 1.82) is 0 Å². The summed E-state index contributed by atoms with van der Waals surface area (Å²) in [7, 11) is 0. The number of carboxylic acid groups (broad SMARTS) is 1. The van der Waals surface area contributed by atoms with Crippen molar-refractivity contribution >= 4 is 23.5 Å². The Morgan fingerprint density at radius 2 is 1.95 bits per heavy atom. The van der Waals surface area contributed by atoms with Gasteiger partial charge in [0, 0.05) is 6.92 Å². The first kappa shape index (κ1) is 16.6. The number of hydrogen-bond acceptors (Lipinski definition) is 4. The molecular formula is C14H19N3O4. The van der Waals surface area contributed by atoms with Crippen LogP contribution >= 0.6 is 0 Å². The number of hydrogen-bond donors (Lipinski definition) is 3. The Morgan fingerprint density at radius 3 is 2.38 bits per heavy atom. The molecule has 0 saturated heterocycles. The van der Waals surface area contributed by atoms with Gasteiger partial charge >= 0.3 is 5.97 Å². The lowest BCUT2D eigenvalue weighted by Crippen LogP contribution is -2.46. The monoisotopic (exact) mass is 293 g/mol. The molecular weight excluding hydrogens is 274 g/mol. The number of carbonyl (C=O) groups is 3. The minimum Gasteiger partial charge on any atom is -0.481 e. The van der Waals surface area contributed by atoms with Crippen molar-refractivity contribution in [2.45, 2.75) is 33.2 Å². The van der Waals surface area contributed by atoms with Crippen LogP contribution < -0.4 is 10.6 Å². The molecule has 21 heavy (non-hydrogen) atoms. The number of carboxylic acids is 1. The first-order chi connectivity index (χ1) is 9.79. The fraction of sp³-hybridized carbons (Fsp3) is 0.429. The van der Waals surface area contributed by atoms with E-state index in [1.54, 1.807) is 6.07 Å². The van der Waals surface area contributed by atoms with Crippen LogP contribution in [0.4, 0.5) is 5.69 Å². The number of pyridine rings is 1. The highest BCUT2D eigenvalue weighted by Gasteiger charge is 2.23. The molecule has 0 aromatic carbocycles. The third-order valence-corrected chi connectivity index (χ3v) is 2.73. The second kappa shape index (κ2) is 7.37. The highest BCUT2D eigenvalue weighted by Crippen LogP contribution is 2.10. The lowest BCUT2D eigenvalue weighted by molar-refractivity contribution is -0.136. The van der Waals surface area contributed by atoms with Crippen LogP contribution in [0.25, 0.3) is 0 Å². The SMILES string of the molecule is CC(=O)NC(C(=O)Nc1ccc(CC(=O)O)nc1)C(C)C. The summed E-state index contributed by atoms with van der Waals surface area (Å²) in [6.07, 6.45) is 1.22. The van der Waals surface area contributed by atoms with E-state index in [0.717, 1.165) is 0 Å². The largest absolute Gasteiger partial charge is 0.481 e. The molecule has 0 aliphatic carbocycles. The molecule has 0 bridgehead atoms. The molecule has 7 heteroatoms. The third kappa shape index (κ3) is 5.60. The molecule has 7 nitrogen and oxygen atoms in total. The maximum Gasteiger partial charge on any atom is 0.309 e. The molecule has 1 unspecified atom stereocenters. The number of nitrogens with zero attached hydrogens (tertiary/aromatic N) is 1. The number of carbonyl (C=O) groups excluding carboxylic acids is 2. The van der Waals surface area contributed by atoms with Gasteiger partial charge in [0.2, 0.25) is 11.8 Å².